The zero-order valence-corrected chi connectivity index (χ0v) is 11.2. The quantitative estimate of drug-likeness (QED) is 0.750. The number of nitrogens with two attached hydrogens (primary N) is 1. The number of H-pyrrole nitrogens is 1. The molecular weight excluding hydrogens is 268 g/mol. The van der Waals surface area contributed by atoms with Crippen LogP contribution in [0.5, 0.6) is 0 Å². The number of rotatable bonds is 5. The van der Waals surface area contributed by atoms with Crippen LogP contribution in [0.1, 0.15) is 21.7 Å². The molecule has 0 aliphatic rings. The Balaban J connectivity index is 2.08. The maximum absolute atomic E-state index is 12.0. The Morgan fingerprint density at radius 1 is 1.24 bits per heavy atom. The molecule has 0 aliphatic carbocycles. The summed E-state index contributed by atoms with van der Waals surface area (Å²) in [7, 11) is 0. The van der Waals surface area contributed by atoms with Crippen LogP contribution in [-0.4, -0.2) is 22.8 Å². The van der Waals surface area contributed by atoms with Crippen molar-refractivity contribution in [3.8, 4) is 6.07 Å². The van der Waals surface area contributed by atoms with E-state index in [2.05, 4.69) is 10.3 Å². The summed E-state index contributed by atoms with van der Waals surface area (Å²) in [6, 6.07) is 13.3. The maximum Gasteiger partial charge on any atom is 0.268 e. The fourth-order valence-electron chi connectivity index (χ4n) is 1.90. The van der Waals surface area contributed by atoms with Crippen molar-refractivity contribution in [1.82, 2.24) is 10.3 Å². The minimum Gasteiger partial charge on any atom is -0.368 e. The number of benzene rings is 1. The Kier molecular flexibility index (Phi) is 4.36. The van der Waals surface area contributed by atoms with Crippen molar-refractivity contribution in [2.75, 3.05) is 0 Å². The van der Waals surface area contributed by atoms with E-state index in [1.165, 1.54) is 12.1 Å². The maximum atomic E-state index is 12.0. The highest BCUT2D eigenvalue weighted by atomic mass is 16.2. The molecule has 4 N–H and O–H groups in total. The number of nitrogens with one attached hydrogen (secondary N) is 2. The summed E-state index contributed by atoms with van der Waals surface area (Å²) < 4.78 is 0. The first-order chi connectivity index (χ1) is 10.1. The molecule has 2 amide bonds. The van der Waals surface area contributed by atoms with Crippen LogP contribution in [0.3, 0.4) is 0 Å². The highest BCUT2D eigenvalue weighted by Gasteiger charge is 2.20. The molecule has 0 unspecified atom stereocenters. The summed E-state index contributed by atoms with van der Waals surface area (Å²) in [5.74, 6) is -1.09. The molecule has 2 aromatic rings. The smallest absolute Gasteiger partial charge is 0.268 e. The van der Waals surface area contributed by atoms with Crippen LogP contribution >= 0.6 is 0 Å². The van der Waals surface area contributed by atoms with Crippen LogP contribution in [-0.2, 0) is 11.2 Å². The van der Waals surface area contributed by atoms with Gasteiger partial charge in [-0.3, -0.25) is 9.59 Å². The number of primary amides is 1. The molecule has 0 radical (unpaired) electrons. The Bertz CT molecular complexity index is 685. The SMILES string of the molecule is N#Cc1ccc(C(=O)N[C@H](Cc2ccccc2)C(N)=O)[nH]1. The highest BCUT2D eigenvalue weighted by molar-refractivity contribution is 5.96. The van der Waals surface area contributed by atoms with Crippen molar-refractivity contribution < 1.29 is 9.59 Å². The predicted octanol–water partition coefficient (Wildman–Crippen LogP) is 0.713. The number of amides is 2. The third kappa shape index (κ3) is 3.70. The van der Waals surface area contributed by atoms with Crippen LogP contribution in [0.4, 0.5) is 0 Å². The van der Waals surface area contributed by atoms with Gasteiger partial charge in [-0.2, -0.15) is 5.26 Å². The molecule has 6 nitrogen and oxygen atoms in total. The molecule has 0 spiro atoms. The van der Waals surface area contributed by atoms with E-state index >= 15 is 0 Å². The number of carbonyl (C=O) groups is 2. The molecule has 1 aromatic heterocycles. The lowest BCUT2D eigenvalue weighted by molar-refractivity contribution is -0.119. The van der Waals surface area contributed by atoms with Gasteiger partial charge in [0, 0.05) is 6.42 Å². The molecule has 0 aliphatic heterocycles. The topological polar surface area (TPSA) is 112 Å². The number of carbonyl (C=O) groups excluding carboxylic acids is 2. The zero-order valence-electron chi connectivity index (χ0n) is 11.2. The number of nitrogens with zero attached hydrogens (tertiary/aromatic N) is 1. The average molecular weight is 282 g/mol. The van der Waals surface area contributed by atoms with Gasteiger partial charge in [0.25, 0.3) is 5.91 Å². The van der Waals surface area contributed by atoms with Gasteiger partial charge in [-0.1, -0.05) is 30.3 Å². The normalized spacial score (nSPS) is 11.4. The van der Waals surface area contributed by atoms with Crippen LogP contribution in [0.2, 0.25) is 0 Å². The lowest BCUT2D eigenvalue weighted by Crippen LogP contribution is -2.45. The first-order valence-electron chi connectivity index (χ1n) is 6.33. The third-order valence-corrected chi connectivity index (χ3v) is 2.98. The highest BCUT2D eigenvalue weighted by Crippen LogP contribution is 2.05. The molecule has 0 saturated carbocycles. The van der Waals surface area contributed by atoms with Gasteiger partial charge in [0.2, 0.25) is 5.91 Å². The summed E-state index contributed by atoms with van der Waals surface area (Å²) in [5, 5.41) is 11.3. The standard InChI is InChI=1S/C15H14N4O2/c16-9-11-6-7-12(18-11)15(21)19-13(14(17)20)8-10-4-2-1-3-5-10/h1-7,13,18H,8H2,(H2,17,20)(H,19,21)/t13-/m1/s1. The van der Waals surface area contributed by atoms with Crippen molar-refractivity contribution in [3.05, 3.63) is 59.4 Å². The molecule has 0 saturated heterocycles. The molecule has 1 aromatic carbocycles. The first kappa shape index (κ1) is 14.3. The van der Waals surface area contributed by atoms with Gasteiger partial charge in [-0.15, -0.1) is 0 Å². The molecule has 106 valence electrons. The number of hydrogen-bond acceptors (Lipinski definition) is 3. The second kappa shape index (κ2) is 6.39. The van der Waals surface area contributed by atoms with Gasteiger partial charge in [0.05, 0.1) is 0 Å². The van der Waals surface area contributed by atoms with Gasteiger partial charge < -0.3 is 16.0 Å². The van der Waals surface area contributed by atoms with E-state index in [0.29, 0.717) is 6.42 Å². The second-order valence-electron chi connectivity index (χ2n) is 4.52. The van der Waals surface area contributed by atoms with Gasteiger partial charge >= 0.3 is 0 Å². The number of nitriles is 1. The first-order valence-corrected chi connectivity index (χ1v) is 6.33. The molecule has 2 rings (SSSR count). The zero-order chi connectivity index (χ0) is 15.2. The van der Waals surface area contributed by atoms with E-state index < -0.39 is 17.9 Å². The third-order valence-electron chi connectivity index (χ3n) is 2.98. The molecule has 21 heavy (non-hydrogen) atoms. The van der Waals surface area contributed by atoms with Gasteiger partial charge in [0.1, 0.15) is 23.5 Å². The lowest BCUT2D eigenvalue weighted by atomic mass is 10.1. The molecule has 0 bridgehead atoms. The molecule has 6 heteroatoms. The minimum absolute atomic E-state index is 0.214. The van der Waals surface area contributed by atoms with Crippen molar-refractivity contribution in [3.63, 3.8) is 0 Å². The summed E-state index contributed by atoms with van der Waals surface area (Å²) in [4.78, 5) is 26.1. The summed E-state index contributed by atoms with van der Waals surface area (Å²) in [6.45, 7) is 0. The Hall–Kier alpha value is -3.07. The van der Waals surface area contributed by atoms with Crippen LogP contribution < -0.4 is 11.1 Å². The molecule has 1 atom stereocenters. The van der Waals surface area contributed by atoms with E-state index in [-0.39, 0.29) is 11.4 Å². The van der Waals surface area contributed by atoms with Gasteiger partial charge in [0.15, 0.2) is 0 Å². The van der Waals surface area contributed by atoms with E-state index in [9.17, 15) is 9.59 Å². The number of aromatic nitrogens is 1. The largest absolute Gasteiger partial charge is 0.368 e. The van der Waals surface area contributed by atoms with Gasteiger partial charge in [-0.05, 0) is 17.7 Å². The fourth-order valence-corrected chi connectivity index (χ4v) is 1.90. The summed E-state index contributed by atoms with van der Waals surface area (Å²) in [6.07, 6.45) is 0.313. The van der Waals surface area contributed by atoms with Crippen molar-refractivity contribution in [2.24, 2.45) is 5.73 Å². The van der Waals surface area contributed by atoms with Crippen molar-refractivity contribution >= 4 is 11.8 Å². The van der Waals surface area contributed by atoms with E-state index in [1.807, 2.05) is 36.4 Å². The second-order valence-corrected chi connectivity index (χ2v) is 4.52. The van der Waals surface area contributed by atoms with E-state index in [1.54, 1.807) is 0 Å². The van der Waals surface area contributed by atoms with Crippen molar-refractivity contribution in [2.45, 2.75) is 12.5 Å². The summed E-state index contributed by atoms with van der Waals surface area (Å²) in [5.41, 5.74) is 6.71. The fraction of sp³-hybridized carbons (Fsp3) is 0.133. The molecule has 0 fully saturated rings. The average Bonchev–Trinajstić information content (AvgIpc) is 2.96. The van der Waals surface area contributed by atoms with Crippen LogP contribution in [0.25, 0.3) is 0 Å². The summed E-state index contributed by atoms with van der Waals surface area (Å²) >= 11 is 0. The van der Waals surface area contributed by atoms with E-state index in [0.717, 1.165) is 5.56 Å². The van der Waals surface area contributed by atoms with Crippen LogP contribution in [0, 0.1) is 11.3 Å². The van der Waals surface area contributed by atoms with Crippen LogP contribution in [0.15, 0.2) is 42.5 Å². The van der Waals surface area contributed by atoms with E-state index in [4.69, 9.17) is 11.0 Å². The Morgan fingerprint density at radius 2 is 1.95 bits per heavy atom. The Labute approximate surface area is 121 Å². The Morgan fingerprint density at radius 3 is 2.52 bits per heavy atom. The predicted molar refractivity (Wildman–Crippen MR) is 76.1 cm³/mol. The molecular formula is C15H14N4O2. The number of aromatic amines is 1. The van der Waals surface area contributed by atoms with Crippen molar-refractivity contribution in [1.29, 1.82) is 5.26 Å². The monoisotopic (exact) mass is 282 g/mol. The van der Waals surface area contributed by atoms with Gasteiger partial charge in [-0.25, -0.2) is 0 Å². The minimum atomic E-state index is -0.811. The lowest BCUT2D eigenvalue weighted by Gasteiger charge is -2.15. The molecule has 1 heterocycles. The number of hydrogen-bond donors (Lipinski definition) is 3.